The summed E-state index contributed by atoms with van der Waals surface area (Å²) in [5.74, 6) is 0. The van der Waals surface area contributed by atoms with Gasteiger partial charge in [0.15, 0.2) is 0 Å². The van der Waals surface area contributed by atoms with Crippen LogP contribution >= 0.6 is 0 Å². The van der Waals surface area contributed by atoms with Crippen LogP contribution in [0, 0.1) is 0 Å². The maximum absolute atomic E-state index is 2.43. The van der Waals surface area contributed by atoms with Crippen LogP contribution in [0.25, 0.3) is 274 Å². The van der Waals surface area contributed by atoms with E-state index in [-0.39, 0.29) is 0 Å². The molecule has 0 N–H and O–H groups in total. The molecule has 0 heteroatoms. The summed E-state index contributed by atoms with van der Waals surface area (Å²) < 4.78 is 0. The standard InChI is InChI=1S/C52H34.C48H32.C46H30/c1-2-13-35(14-3-1)39-19-10-20-40(31-39)43-29-30-49-50(34-43)51(44-22-11-21-41(33-44)42-28-27-36-15-4-5-17-38(36)32-42)47-24-8-9-25-48(47)52(49)46-26-12-18-37-16-6-7-23-45(37)46;1-3-15-33(16-4-1)36-21-13-22-37(31-36)38-29-30-45-46(32-38)48(41-25-10-9-24-39(41)34-17-5-2-6-18-34)44-27-12-11-26-43(44)47(45)42-28-14-20-35-19-7-8-23-40(35)42;1-2-11-31(12-3-1)36-17-10-18-37(27-36)38-25-26-43-44(30-38)46(40-24-22-33-14-5-7-16-35(33)29-40)42-20-9-8-19-41(42)45(43)39-23-21-32-13-4-6-15-34(32)28-39/h1-34H;1-32H;1-30H. The minimum Gasteiger partial charge on any atom is -0.0622 e. The summed E-state index contributed by atoms with van der Waals surface area (Å²) in [5.41, 5.74) is 34.6. The van der Waals surface area contributed by atoms with Gasteiger partial charge in [0.2, 0.25) is 0 Å². The van der Waals surface area contributed by atoms with Gasteiger partial charge in [-0.2, -0.15) is 0 Å². The first-order chi connectivity index (χ1) is 72.4. The monoisotopic (exact) mass is 1850 g/mol. The summed E-state index contributed by atoms with van der Waals surface area (Å²) in [7, 11) is 0. The average Bonchev–Trinajstić information content (AvgIpc) is 0.728. The molecule has 0 saturated carbocycles. The van der Waals surface area contributed by atoms with Gasteiger partial charge in [0.25, 0.3) is 0 Å². The molecule has 680 valence electrons. The van der Waals surface area contributed by atoms with Crippen molar-refractivity contribution in [1.29, 1.82) is 0 Å². The lowest BCUT2D eigenvalue weighted by Gasteiger charge is -2.21. The molecule has 0 radical (unpaired) electrons. The van der Waals surface area contributed by atoms with E-state index in [4.69, 9.17) is 0 Å². The van der Waals surface area contributed by atoms with E-state index >= 15 is 0 Å². The van der Waals surface area contributed by atoms with Crippen LogP contribution in [0.5, 0.6) is 0 Å². The third kappa shape index (κ3) is 16.4. The minimum absolute atomic E-state index is 1.20. The van der Waals surface area contributed by atoms with Crippen molar-refractivity contribution in [2.45, 2.75) is 0 Å². The van der Waals surface area contributed by atoms with Crippen LogP contribution in [0.2, 0.25) is 0 Å². The Bertz CT molecular complexity index is 9910. The van der Waals surface area contributed by atoms with Crippen molar-refractivity contribution in [3.05, 3.63) is 582 Å². The molecule has 0 saturated heterocycles. The lowest BCUT2D eigenvalue weighted by molar-refractivity contribution is 1.59. The van der Waals surface area contributed by atoms with Gasteiger partial charge < -0.3 is 0 Å². The molecule has 0 unspecified atom stereocenters. The predicted molar refractivity (Wildman–Crippen MR) is 628 cm³/mol. The Morgan fingerprint density at radius 3 is 0.637 bits per heavy atom. The second-order valence-electron chi connectivity index (χ2n) is 38.2. The van der Waals surface area contributed by atoms with Gasteiger partial charge >= 0.3 is 0 Å². The molecule has 146 heavy (non-hydrogen) atoms. The fourth-order valence-corrected chi connectivity index (χ4v) is 22.8. The van der Waals surface area contributed by atoms with E-state index in [1.165, 1.54) is 274 Å². The van der Waals surface area contributed by atoms with Gasteiger partial charge in [-0.25, -0.2) is 0 Å². The third-order valence-corrected chi connectivity index (χ3v) is 29.7. The first-order valence-electron chi connectivity index (χ1n) is 50.5. The Morgan fingerprint density at radius 1 is 0.0685 bits per heavy atom. The number of hydrogen-bond donors (Lipinski definition) is 0. The van der Waals surface area contributed by atoms with Gasteiger partial charge in [-0.1, -0.05) is 522 Å². The van der Waals surface area contributed by atoms with E-state index in [9.17, 15) is 0 Å². The Morgan fingerprint density at radius 2 is 0.260 bits per heavy atom. The smallest absolute Gasteiger partial charge is 0.00199 e. The van der Waals surface area contributed by atoms with Crippen molar-refractivity contribution in [3.63, 3.8) is 0 Å². The maximum Gasteiger partial charge on any atom is -0.00199 e. The van der Waals surface area contributed by atoms with Gasteiger partial charge in [0.05, 0.1) is 0 Å². The minimum atomic E-state index is 1.20. The second-order valence-corrected chi connectivity index (χ2v) is 38.2. The zero-order chi connectivity index (χ0) is 96.7. The summed E-state index contributed by atoms with van der Waals surface area (Å²) in [6.07, 6.45) is 0. The molecule has 0 spiro atoms. The van der Waals surface area contributed by atoms with E-state index in [0.717, 1.165) is 0 Å². The largest absolute Gasteiger partial charge is 0.0622 e. The molecule has 28 rings (SSSR count). The molecule has 0 aliphatic rings. The molecule has 28 aromatic rings. The predicted octanol–water partition coefficient (Wildman–Crippen LogP) is 41.1. The number of rotatable bonds is 14. The zero-order valence-electron chi connectivity index (χ0n) is 80.4. The normalized spacial score (nSPS) is 11.4. The van der Waals surface area contributed by atoms with Crippen molar-refractivity contribution < 1.29 is 0 Å². The fourth-order valence-electron chi connectivity index (χ4n) is 22.8. The van der Waals surface area contributed by atoms with E-state index in [2.05, 4.69) is 582 Å². The molecule has 0 fully saturated rings. The molecule has 0 aliphatic heterocycles. The topological polar surface area (TPSA) is 0 Å². The molecule has 0 atom stereocenters. The van der Waals surface area contributed by atoms with Crippen LogP contribution in [0.3, 0.4) is 0 Å². The highest BCUT2D eigenvalue weighted by molar-refractivity contribution is 6.28. The van der Waals surface area contributed by atoms with Gasteiger partial charge in [-0.3, -0.25) is 0 Å². The van der Waals surface area contributed by atoms with Crippen LogP contribution in [-0.2, 0) is 0 Å². The molecular weight excluding hydrogens is 1750 g/mol. The van der Waals surface area contributed by atoms with Crippen molar-refractivity contribution in [2.75, 3.05) is 0 Å². The summed E-state index contributed by atoms with van der Waals surface area (Å²) in [4.78, 5) is 0. The lowest BCUT2D eigenvalue weighted by atomic mass is 9.82. The van der Waals surface area contributed by atoms with Crippen LogP contribution in [-0.4, -0.2) is 0 Å². The summed E-state index contributed by atoms with van der Waals surface area (Å²) in [6, 6.07) is 213. The number of benzene rings is 28. The first-order valence-corrected chi connectivity index (χ1v) is 50.5. The summed E-state index contributed by atoms with van der Waals surface area (Å²) >= 11 is 0. The highest BCUT2D eigenvalue weighted by Crippen LogP contribution is 2.53. The molecule has 0 nitrogen and oxygen atoms in total. The van der Waals surface area contributed by atoms with Crippen LogP contribution in [0.4, 0.5) is 0 Å². The van der Waals surface area contributed by atoms with Crippen molar-refractivity contribution >= 4 is 118 Å². The maximum atomic E-state index is 2.43. The van der Waals surface area contributed by atoms with E-state index in [1.54, 1.807) is 0 Å². The van der Waals surface area contributed by atoms with E-state index in [0.29, 0.717) is 0 Å². The van der Waals surface area contributed by atoms with E-state index in [1.807, 2.05) is 0 Å². The average molecular weight is 1850 g/mol. The first kappa shape index (κ1) is 87.3. The quantitative estimate of drug-likeness (QED) is 0.0952. The Labute approximate surface area is 850 Å². The zero-order valence-corrected chi connectivity index (χ0v) is 80.4. The Balaban J connectivity index is 0.000000111. The SMILES string of the molecule is c1ccc(-c2cccc(-c3ccc4c(-c5ccc6ccccc6c5)c5ccccc5c(-c5ccc6ccccc6c5)c4c3)c2)cc1.c1ccc(-c2cccc(-c3ccc4c(-c5cccc6ccccc56)c5ccccc5c(-c5cccc(-c6ccc7ccccc7c6)c5)c4c3)c2)cc1.c1ccc(-c2cccc(-c3ccc4c(-c5cccc6ccccc56)c5ccccc5c(-c5ccccc5-c5ccccc5)c4c3)c2)cc1. The van der Waals surface area contributed by atoms with Crippen LogP contribution in [0.1, 0.15) is 0 Å². The molecule has 28 aromatic carbocycles. The highest BCUT2D eigenvalue weighted by atomic mass is 14.3. The van der Waals surface area contributed by atoms with Crippen molar-refractivity contribution in [2.24, 2.45) is 0 Å². The Kier molecular flexibility index (Phi) is 22.8. The molecule has 0 heterocycles. The number of fused-ring (bicyclic) bond motifs is 11. The van der Waals surface area contributed by atoms with Gasteiger partial charge in [0.1, 0.15) is 0 Å². The van der Waals surface area contributed by atoms with Gasteiger partial charge in [-0.05, 0) is 335 Å². The summed E-state index contributed by atoms with van der Waals surface area (Å²) in [5, 5.41) is 27.7. The highest BCUT2D eigenvalue weighted by Gasteiger charge is 2.26. The summed E-state index contributed by atoms with van der Waals surface area (Å²) in [6.45, 7) is 0. The van der Waals surface area contributed by atoms with Gasteiger partial charge in [-0.15, -0.1) is 0 Å². The van der Waals surface area contributed by atoms with Crippen LogP contribution < -0.4 is 0 Å². The van der Waals surface area contributed by atoms with Crippen molar-refractivity contribution in [1.82, 2.24) is 0 Å². The lowest BCUT2D eigenvalue weighted by Crippen LogP contribution is -1.94. The third-order valence-electron chi connectivity index (χ3n) is 29.7. The fraction of sp³-hybridized carbons (Fsp3) is 0. The molecule has 0 aliphatic carbocycles. The molecular formula is C146H96. The van der Waals surface area contributed by atoms with Crippen molar-refractivity contribution in [3.8, 4) is 156 Å². The van der Waals surface area contributed by atoms with Gasteiger partial charge in [0, 0.05) is 0 Å². The second kappa shape index (κ2) is 38.2. The van der Waals surface area contributed by atoms with E-state index < -0.39 is 0 Å². The molecule has 0 amide bonds. The molecule has 0 bridgehead atoms. The number of hydrogen-bond acceptors (Lipinski definition) is 0. The Hall–Kier alpha value is -19.0. The van der Waals surface area contributed by atoms with Crippen LogP contribution in [0.15, 0.2) is 582 Å². The molecule has 0 aromatic heterocycles.